The van der Waals surface area contributed by atoms with E-state index in [0.717, 1.165) is 17.0 Å². The minimum Gasteiger partial charge on any atom is -0.497 e. The van der Waals surface area contributed by atoms with E-state index < -0.39 is 15.8 Å². The first-order valence-corrected chi connectivity index (χ1v) is 10.9. The maximum atomic E-state index is 11.8. The number of hydrogen-bond acceptors (Lipinski definition) is 7. The lowest BCUT2D eigenvalue weighted by atomic mass is 10.2. The lowest BCUT2D eigenvalue weighted by Crippen LogP contribution is -2.40. The smallest absolute Gasteiger partial charge is 0.333 e. The Kier molecular flexibility index (Phi) is 6.77. The van der Waals surface area contributed by atoms with Crippen LogP contribution in [0.5, 0.6) is 11.5 Å². The van der Waals surface area contributed by atoms with Crippen LogP contribution in [0, 0.1) is 0 Å². The molecule has 1 fully saturated rings. The lowest BCUT2D eigenvalue weighted by molar-refractivity contribution is -0.144. The van der Waals surface area contributed by atoms with Crippen LogP contribution in [0.15, 0.2) is 54.6 Å². The second-order valence-corrected chi connectivity index (χ2v) is 8.77. The molecule has 1 heterocycles. The number of esters is 1. The molecule has 0 N–H and O–H groups in total. The molecule has 0 amide bonds. The van der Waals surface area contributed by atoms with Crippen LogP contribution in [0.2, 0.25) is 0 Å². The van der Waals surface area contributed by atoms with Crippen LogP contribution in [0.25, 0.3) is 6.08 Å². The summed E-state index contributed by atoms with van der Waals surface area (Å²) in [5, 5.41) is 0. The van der Waals surface area contributed by atoms with Crippen molar-refractivity contribution in [2.45, 2.75) is 0 Å². The highest BCUT2D eigenvalue weighted by atomic mass is 32.2. The number of carbonyl (C=O) groups excluding carboxylic acids is 1. The van der Waals surface area contributed by atoms with Crippen molar-refractivity contribution in [3.63, 3.8) is 0 Å². The summed E-state index contributed by atoms with van der Waals surface area (Å²) in [6.07, 6.45) is 2.98. The van der Waals surface area contributed by atoms with Gasteiger partial charge >= 0.3 is 5.97 Å². The van der Waals surface area contributed by atoms with Crippen molar-refractivity contribution in [2.75, 3.05) is 43.4 Å². The normalized spacial score (nSPS) is 15.8. The molecule has 1 saturated heterocycles. The summed E-state index contributed by atoms with van der Waals surface area (Å²) in [7, 11) is -1.31. The molecule has 8 heteroatoms. The van der Waals surface area contributed by atoms with Gasteiger partial charge in [0, 0.05) is 24.9 Å². The van der Waals surface area contributed by atoms with Crippen LogP contribution in [0.3, 0.4) is 0 Å². The molecule has 2 aromatic rings. The molecule has 7 nitrogen and oxygen atoms in total. The van der Waals surface area contributed by atoms with Gasteiger partial charge in [-0.15, -0.1) is 0 Å². The quantitative estimate of drug-likeness (QED) is 0.389. The van der Waals surface area contributed by atoms with Gasteiger partial charge in [0.2, 0.25) is 6.79 Å². The van der Waals surface area contributed by atoms with Gasteiger partial charge in [0.1, 0.15) is 11.5 Å². The maximum absolute atomic E-state index is 11.8. The molecule has 0 aliphatic carbocycles. The van der Waals surface area contributed by atoms with Crippen molar-refractivity contribution in [3.05, 3.63) is 60.2 Å². The van der Waals surface area contributed by atoms with E-state index in [1.165, 1.54) is 6.08 Å². The van der Waals surface area contributed by atoms with Crippen molar-refractivity contribution >= 4 is 27.6 Å². The fraction of sp³-hybridized carbons (Fsp3) is 0.286. The highest BCUT2D eigenvalue weighted by molar-refractivity contribution is 7.91. The van der Waals surface area contributed by atoms with Crippen molar-refractivity contribution in [2.24, 2.45) is 0 Å². The molecule has 2 aromatic carbocycles. The Labute approximate surface area is 170 Å². The third-order valence-electron chi connectivity index (χ3n) is 4.50. The van der Waals surface area contributed by atoms with Crippen LogP contribution in [0.4, 0.5) is 5.69 Å². The first kappa shape index (κ1) is 20.7. The van der Waals surface area contributed by atoms with E-state index in [9.17, 15) is 13.2 Å². The highest BCUT2D eigenvalue weighted by Gasteiger charge is 2.21. The lowest BCUT2D eigenvalue weighted by Gasteiger charge is -2.28. The molecule has 29 heavy (non-hydrogen) atoms. The number of carbonyl (C=O) groups is 1. The summed E-state index contributed by atoms with van der Waals surface area (Å²) in [6.45, 7) is 0.772. The Morgan fingerprint density at radius 1 is 1.00 bits per heavy atom. The van der Waals surface area contributed by atoms with Gasteiger partial charge in [0.15, 0.2) is 9.84 Å². The molecule has 0 radical (unpaired) electrons. The first-order chi connectivity index (χ1) is 13.9. The SMILES string of the molecule is COc1ccc(/C=C/C(=O)OCOc2ccc(N3CCS(=O)(=O)CC3)cc2)cc1. The molecular formula is C21H23NO6S. The average Bonchev–Trinajstić information content (AvgIpc) is 2.73. The summed E-state index contributed by atoms with van der Waals surface area (Å²) in [4.78, 5) is 13.8. The Hall–Kier alpha value is -3.00. The van der Waals surface area contributed by atoms with Crippen LogP contribution < -0.4 is 14.4 Å². The van der Waals surface area contributed by atoms with Gasteiger partial charge in [0.05, 0.1) is 18.6 Å². The van der Waals surface area contributed by atoms with Gasteiger partial charge in [-0.3, -0.25) is 0 Å². The van der Waals surface area contributed by atoms with Gasteiger partial charge in [0.25, 0.3) is 0 Å². The van der Waals surface area contributed by atoms with Gasteiger partial charge < -0.3 is 19.1 Å². The standard InChI is InChI=1S/C21H23NO6S/c1-26-19-7-2-17(3-8-19)4-11-21(23)28-16-27-20-9-5-18(6-10-20)22-12-14-29(24,25)15-13-22/h2-11H,12-16H2,1H3/b11-4+. The number of nitrogens with zero attached hydrogens (tertiary/aromatic N) is 1. The number of ether oxygens (including phenoxy) is 3. The molecule has 1 aliphatic heterocycles. The fourth-order valence-corrected chi connectivity index (χ4v) is 4.01. The number of hydrogen-bond donors (Lipinski definition) is 0. The Bertz CT molecular complexity index is 938. The Morgan fingerprint density at radius 2 is 1.62 bits per heavy atom. The van der Waals surface area contributed by atoms with E-state index in [-0.39, 0.29) is 18.3 Å². The molecule has 0 spiro atoms. The number of benzene rings is 2. The number of anilines is 1. The van der Waals surface area contributed by atoms with Crippen molar-refractivity contribution in [3.8, 4) is 11.5 Å². The summed E-state index contributed by atoms with van der Waals surface area (Å²) >= 11 is 0. The zero-order valence-electron chi connectivity index (χ0n) is 16.1. The monoisotopic (exact) mass is 417 g/mol. The van der Waals surface area contributed by atoms with Crippen molar-refractivity contribution in [1.29, 1.82) is 0 Å². The van der Waals surface area contributed by atoms with E-state index in [0.29, 0.717) is 18.8 Å². The van der Waals surface area contributed by atoms with Crippen molar-refractivity contribution < 1.29 is 27.4 Å². The summed E-state index contributed by atoms with van der Waals surface area (Å²) in [5.41, 5.74) is 1.79. The zero-order valence-corrected chi connectivity index (χ0v) is 16.9. The Morgan fingerprint density at radius 3 is 2.24 bits per heavy atom. The summed E-state index contributed by atoms with van der Waals surface area (Å²) in [5.74, 6) is 1.14. The average molecular weight is 417 g/mol. The molecule has 1 aliphatic rings. The van der Waals surface area contributed by atoms with Gasteiger partial charge in [-0.2, -0.15) is 0 Å². The summed E-state index contributed by atoms with van der Waals surface area (Å²) in [6, 6.07) is 14.5. The van der Waals surface area contributed by atoms with Crippen LogP contribution in [0.1, 0.15) is 5.56 Å². The first-order valence-electron chi connectivity index (χ1n) is 9.12. The van der Waals surface area contributed by atoms with Gasteiger partial charge in [-0.1, -0.05) is 12.1 Å². The molecule has 0 aromatic heterocycles. The molecular weight excluding hydrogens is 394 g/mol. The predicted molar refractivity (Wildman–Crippen MR) is 111 cm³/mol. The Balaban J connectivity index is 1.43. The van der Waals surface area contributed by atoms with Crippen LogP contribution >= 0.6 is 0 Å². The zero-order chi connectivity index (χ0) is 20.7. The van der Waals surface area contributed by atoms with E-state index >= 15 is 0 Å². The molecule has 0 atom stereocenters. The van der Waals surface area contributed by atoms with E-state index in [1.54, 1.807) is 37.5 Å². The fourth-order valence-electron chi connectivity index (χ4n) is 2.81. The maximum Gasteiger partial charge on any atom is 0.333 e. The topological polar surface area (TPSA) is 82.1 Å². The third kappa shape index (κ3) is 6.25. The van der Waals surface area contributed by atoms with E-state index in [4.69, 9.17) is 14.2 Å². The van der Waals surface area contributed by atoms with Gasteiger partial charge in [-0.25, -0.2) is 13.2 Å². The van der Waals surface area contributed by atoms with Crippen molar-refractivity contribution in [1.82, 2.24) is 0 Å². The second-order valence-electron chi connectivity index (χ2n) is 6.46. The molecule has 3 rings (SSSR count). The number of sulfone groups is 1. The predicted octanol–water partition coefficient (Wildman–Crippen LogP) is 2.52. The number of rotatable bonds is 7. The minimum atomic E-state index is -2.90. The largest absolute Gasteiger partial charge is 0.497 e. The van der Waals surface area contributed by atoms with Crippen LogP contribution in [-0.2, 0) is 19.4 Å². The summed E-state index contributed by atoms with van der Waals surface area (Å²) < 4.78 is 38.6. The van der Waals surface area contributed by atoms with Gasteiger partial charge in [-0.05, 0) is 48.0 Å². The number of methoxy groups -OCH3 is 1. The molecule has 0 unspecified atom stereocenters. The minimum absolute atomic E-state index is 0.172. The third-order valence-corrected chi connectivity index (χ3v) is 6.11. The second kappa shape index (κ2) is 9.47. The highest BCUT2D eigenvalue weighted by Crippen LogP contribution is 2.21. The van der Waals surface area contributed by atoms with E-state index in [2.05, 4.69) is 0 Å². The molecule has 154 valence electrons. The molecule has 0 bridgehead atoms. The van der Waals surface area contributed by atoms with E-state index in [1.807, 2.05) is 29.2 Å². The molecule has 0 saturated carbocycles. The van der Waals surface area contributed by atoms with Crippen LogP contribution in [-0.4, -0.2) is 52.9 Å².